The van der Waals surface area contributed by atoms with Gasteiger partial charge in [0.05, 0.1) is 12.3 Å². The number of nitrogens with two attached hydrogens (primary N) is 1. The predicted octanol–water partition coefficient (Wildman–Crippen LogP) is 0.237. The SMILES string of the molecule is CC(=O)OCCC(C)(N)N1CCCC1=O. The lowest BCUT2D eigenvalue weighted by Gasteiger charge is -2.35. The Balaban J connectivity index is 2.43. The zero-order valence-corrected chi connectivity index (χ0v) is 9.28. The van der Waals surface area contributed by atoms with Gasteiger partial charge in [0.1, 0.15) is 0 Å². The Morgan fingerprint density at radius 3 is 2.80 bits per heavy atom. The van der Waals surface area contributed by atoms with Gasteiger partial charge >= 0.3 is 5.97 Å². The zero-order valence-electron chi connectivity index (χ0n) is 9.28. The van der Waals surface area contributed by atoms with E-state index in [0.29, 0.717) is 19.4 Å². The molecule has 0 saturated carbocycles. The molecule has 5 heteroatoms. The summed E-state index contributed by atoms with van der Waals surface area (Å²) >= 11 is 0. The molecule has 15 heavy (non-hydrogen) atoms. The predicted molar refractivity (Wildman–Crippen MR) is 54.8 cm³/mol. The third-order valence-electron chi connectivity index (χ3n) is 2.60. The molecule has 0 aromatic carbocycles. The number of esters is 1. The number of hydrogen-bond donors (Lipinski definition) is 1. The molecule has 0 radical (unpaired) electrons. The summed E-state index contributed by atoms with van der Waals surface area (Å²) in [5, 5.41) is 0. The van der Waals surface area contributed by atoms with Crippen LogP contribution in [0, 0.1) is 0 Å². The summed E-state index contributed by atoms with van der Waals surface area (Å²) in [6.07, 6.45) is 1.90. The first-order valence-electron chi connectivity index (χ1n) is 5.16. The normalized spacial score (nSPS) is 20.2. The number of ether oxygens (including phenoxy) is 1. The molecule has 1 rings (SSSR count). The van der Waals surface area contributed by atoms with Crippen molar-refractivity contribution in [3.05, 3.63) is 0 Å². The minimum absolute atomic E-state index is 0.0859. The Kier molecular flexibility index (Phi) is 3.68. The Labute approximate surface area is 89.6 Å². The third kappa shape index (κ3) is 3.20. The average Bonchev–Trinajstić information content (AvgIpc) is 2.50. The largest absolute Gasteiger partial charge is 0.466 e. The topological polar surface area (TPSA) is 72.6 Å². The first kappa shape index (κ1) is 12.0. The van der Waals surface area contributed by atoms with Crippen molar-refractivity contribution < 1.29 is 14.3 Å². The van der Waals surface area contributed by atoms with Gasteiger partial charge in [-0.15, -0.1) is 0 Å². The number of likely N-dealkylation sites (tertiary alicyclic amines) is 1. The van der Waals surface area contributed by atoms with E-state index in [-0.39, 0.29) is 18.5 Å². The van der Waals surface area contributed by atoms with Gasteiger partial charge < -0.3 is 15.4 Å². The van der Waals surface area contributed by atoms with E-state index in [1.54, 1.807) is 11.8 Å². The van der Waals surface area contributed by atoms with Gasteiger partial charge in [0, 0.05) is 26.3 Å². The second kappa shape index (κ2) is 4.61. The molecule has 1 aliphatic heterocycles. The number of rotatable bonds is 4. The lowest BCUT2D eigenvalue weighted by Crippen LogP contribution is -2.54. The van der Waals surface area contributed by atoms with Gasteiger partial charge in [-0.25, -0.2) is 0 Å². The molecule has 1 heterocycles. The highest BCUT2D eigenvalue weighted by atomic mass is 16.5. The second-order valence-electron chi connectivity index (χ2n) is 4.10. The van der Waals surface area contributed by atoms with Crippen molar-refractivity contribution in [2.75, 3.05) is 13.2 Å². The van der Waals surface area contributed by atoms with Gasteiger partial charge in [0.2, 0.25) is 5.91 Å². The van der Waals surface area contributed by atoms with Crippen LogP contribution in [0.25, 0.3) is 0 Å². The van der Waals surface area contributed by atoms with Crippen molar-refractivity contribution in [2.24, 2.45) is 5.73 Å². The average molecular weight is 214 g/mol. The van der Waals surface area contributed by atoms with E-state index in [0.717, 1.165) is 6.42 Å². The highest BCUT2D eigenvalue weighted by Gasteiger charge is 2.34. The highest BCUT2D eigenvalue weighted by molar-refractivity contribution is 5.78. The van der Waals surface area contributed by atoms with Gasteiger partial charge in [-0.3, -0.25) is 9.59 Å². The molecule has 0 aromatic heterocycles. The van der Waals surface area contributed by atoms with Crippen LogP contribution in [0.1, 0.15) is 33.1 Å². The fourth-order valence-electron chi connectivity index (χ4n) is 1.72. The monoisotopic (exact) mass is 214 g/mol. The number of amides is 1. The molecular weight excluding hydrogens is 196 g/mol. The lowest BCUT2D eigenvalue weighted by molar-refractivity contribution is -0.142. The highest BCUT2D eigenvalue weighted by Crippen LogP contribution is 2.20. The Morgan fingerprint density at radius 1 is 1.67 bits per heavy atom. The molecular formula is C10H18N2O3. The number of hydrogen-bond acceptors (Lipinski definition) is 4. The standard InChI is InChI=1S/C10H18N2O3/c1-8(13)15-7-5-10(2,11)12-6-3-4-9(12)14/h3-7,11H2,1-2H3. The molecule has 1 atom stereocenters. The first-order valence-corrected chi connectivity index (χ1v) is 5.16. The molecule has 0 aromatic rings. The first-order chi connectivity index (χ1) is 6.93. The lowest BCUT2D eigenvalue weighted by atomic mass is 10.1. The fourth-order valence-corrected chi connectivity index (χ4v) is 1.72. The molecule has 1 saturated heterocycles. The summed E-state index contributed by atoms with van der Waals surface area (Å²) < 4.78 is 4.82. The third-order valence-corrected chi connectivity index (χ3v) is 2.60. The van der Waals surface area contributed by atoms with E-state index >= 15 is 0 Å². The summed E-state index contributed by atoms with van der Waals surface area (Å²) in [6.45, 7) is 4.10. The van der Waals surface area contributed by atoms with Crippen LogP contribution in [0.5, 0.6) is 0 Å². The summed E-state index contributed by atoms with van der Waals surface area (Å²) in [5.74, 6) is -0.235. The van der Waals surface area contributed by atoms with Gasteiger partial charge in [-0.2, -0.15) is 0 Å². The maximum Gasteiger partial charge on any atom is 0.302 e. The van der Waals surface area contributed by atoms with Crippen molar-refractivity contribution in [1.82, 2.24) is 4.90 Å². The number of nitrogens with zero attached hydrogens (tertiary/aromatic N) is 1. The number of carbonyl (C=O) groups excluding carboxylic acids is 2. The maximum absolute atomic E-state index is 11.5. The van der Waals surface area contributed by atoms with E-state index < -0.39 is 5.66 Å². The van der Waals surface area contributed by atoms with Crippen LogP contribution < -0.4 is 5.73 Å². The molecule has 1 fully saturated rings. The molecule has 86 valence electrons. The van der Waals surface area contributed by atoms with Crippen LogP contribution >= 0.6 is 0 Å². The minimum Gasteiger partial charge on any atom is -0.466 e. The molecule has 1 aliphatic rings. The van der Waals surface area contributed by atoms with E-state index in [1.807, 2.05) is 0 Å². The molecule has 1 unspecified atom stereocenters. The smallest absolute Gasteiger partial charge is 0.302 e. The quantitative estimate of drug-likeness (QED) is 0.680. The van der Waals surface area contributed by atoms with E-state index in [4.69, 9.17) is 10.5 Å². The van der Waals surface area contributed by atoms with Gasteiger partial charge in [0.15, 0.2) is 0 Å². The van der Waals surface area contributed by atoms with Gasteiger partial charge in [0.25, 0.3) is 0 Å². The van der Waals surface area contributed by atoms with Crippen LogP contribution in [-0.4, -0.2) is 35.6 Å². The van der Waals surface area contributed by atoms with E-state index in [9.17, 15) is 9.59 Å². The van der Waals surface area contributed by atoms with Crippen molar-refractivity contribution >= 4 is 11.9 Å². The Morgan fingerprint density at radius 2 is 2.33 bits per heavy atom. The van der Waals surface area contributed by atoms with Crippen molar-refractivity contribution in [3.63, 3.8) is 0 Å². The molecule has 0 spiro atoms. The maximum atomic E-state index is 11.5. The minimum atomic E-state index is -0.705. The molecule has 0 bridgehead atoms. The van der Waals surface area contributed by atoms with E-state index in [1.165, 1.54) is 6.92 Å². The van der Waals surface area contributed by atoms with Crippen LogP contribution in [0.2, 0.25) is 0 Å². The second-order valence-corrected chi connectivity index (χ2v) is 4.10. The molecule has 5 nitrogen and oxygen atoms in total. The zero-order chi connectivity index (χ0) is 11.5. The van der Waals surface area contributed by atoms with Crippen LogP contribution in [0.3, 0.4) is 0 Å². The van der Waals surface area contributed by atoms with Crippen molar-refractivity contribution in [2.45, 2.75) is 38.8 Å². The Bertz CT molecular complexity index is 263. The van der Waals surface area contributed by atoms with Crippen LogP contribution in [-0.2, 0) is 14.3 Å². The summed E-state index contributed by atoms with van der Waals surface area (Å²) in [6, 6.07) is 0. The molecule has 2 N–H and O–H groups in total. The van der Waals surface area contributed by atoms with E-state index in [2.05, 4.69) is 0 Å². The summed E-state index contributed by atoms with van der Waals surface area (Å²) in [5.41, 5.74) is 5.31. The molecule has 0 aliphatic carbocycles. The van der Waals surface area contributed by atoms with Crippen molar-refractivity contribution in [3.8, 4) is 0 Å². The van der Waals surface area contributed by atoms with Gasteiger partial charge in [-0.05, 0) is 13.3 Å². The summed E-state index contributed by atoms with van der Waals surface area (Å²) in [7, 11) is 0. The Hall–Kier alpha value is -1.10. The fraction of sp³-hybridized carbons (Fsp3) is 0.800. The van der Waals surface area contributed by atoms with Crippen LogP contribution in [0.15, 0.2) is 0 Å². The molecule has 1 amide bonds. The van der Waals surface area contributed by atoms with Gasteiger partial charge in [-0.1, -0.05) is 0 Å². The number of carbonyl (C=O) groups is 2. The van der Waals surface area contributed by atoms with Crippen molar-refractivity contribution in [1.29, 1.82) is 0 Å². The van der Waals surface area contributed by atoms with Crippen LogP contribution in [0.4, 0.5) is 0 Å². The summed E-state index contributed by atoms with van der Waals surface area (Å²) in [4.78, 5) is 23.7.